The molecule has 0 spiro atoms. The summed E-state index contributed by atoms with van der Waals surface area (Å²) in [6.45, 7) is 5.14. The van der Waals surface area contributed by atoms with E-state index in [2.05, 4.69) is 34.1 Å². The topological polar surface area (TPSA) is 41.4 Å². The van der Waals surface area contributed by atoms with Crippen LogP contribution in [-0.4, -0.2) is 46.5 Å². The molecule has 1 aromatic heterocycles. The van der Waals surface area contributed by atoms with Crippen LogP contribution in [0.25, 0.3) is 11.8 Å². The van der Waals surface area contributed by atoms with Gasteiger partial charge in [0, 0.05) is 49.8 Å². The molecule has 0 bridgehead atoms. The molecule has 3 aromatic rings. The molecule has 2 aromatic carbocycles. The molecule has 0 unspecified atom stereocenters. The first-order chi connectivity index (χ1) is 13.7. The van der Waals surface area contributed by atoms with E-state index in [1.54, 1.807) is 6.08 Å². The second-order valence-corrected chi connectivity index (χ2v) is 7.00. The molecule has 5 nitrogen and oxygen atoms in total. The number of carbonyl (C=O) groups excluding carboxylic acids is 1. The number of aromatic nitrogens is 2. The van der Waals surface area contributed by atoms with Gasteiger partial charge < -0.3 is 14.4 Å². The summed E-state index contributed by atoms with van der Waals surface area (Å²) < 4.78 is 2.02. The molecular formula is C23H24N4O. The molecule has 1 fully saturated rings. The lowest BCUT2D eigenvalue weighted by Crippen LogP contribution is -2.48. The van der Waals surface area contributed by atoms with Gasteiger partial charge in [-0.05, 0) is 42.8 Å². The maximum Gasteiger partial charge on any atom is 0.246 e. The minimum Gasteiger partial charge on any atom is -0.368 e. The normalized spacial score (nSPS) is 14.6. The van der Waals surface area contributed by atoms with Crippen molar-refractivity contribution >= 4 is 17.7 Å². The van der Waals surface area contributed by atoms with Gasteiger partial charge in [-0.1, -0.05) is 30.3 Å². The average molecular weight is 372 g/mol. The molecule has 4 rings (SSSR count). The quantitative estimate of drug-likeness (QED) is 0.658. The highest BCUT2D eigenvalue weighted by molar-refractivity contribution is 5.92. The van der Waals surface area contributed by atoms with Gasteiger partial charge in [-0.25, -0.2) is 4.98 Å². The van der Waals surface area contributed by atoms with Crippen LogP contribution in [0, 0.1) is 6.92 Å². The number of hydrogen-bond acceptors (Lipinski definition) is 3. The lowest BCUT2D eigenvalue weighted by molar-refractivity contribution is -0.126. The number of imidazole rings is 1. The van der Waals surface area contributed by atoms with E-state index in [0.717, 1.165) is 43.1 Å². The molecule has 5 heteroatoms. The Bertz CT molecular complexity index is 952. The van der Waals surface area contributed by atoms with Crippen molar-refractivity contribution < 1.29 is 4.79 Å². The molecule has 1 aliphatic heterocycles. The Morgan fingerprint density at radius 3 is 2.25 bits per heavy atom. The summed E-state index contributed by atoms with van der Waals surface area (Å²) in [7, 11) is 0. The van der Waals surface area contributed by atoms with Crippen LogP contribution in [0.4, 0.5) is 5.69 Å². The van der Waals surface area contributed by atoms with E-state index in [1.165, 1.54) is 5.69 Å². The van der Waals surface area contributed by atoms with Crippen LogP contribution in [0.2, 0.25) is 0 Å². The van der Waals surface area contributed by atoms with E-state index in [-0.39, 0.29) is 5.91 Å². The van der Waals surface area contributed by atoms with Crippen LogP contribution in [0.15, 0.2) is 73.2 Å². The molecule has 142 valence electrons. The van der Waals surface area contributed by atoms with Gasteiger partial charge in [0.2, 0.25) is 5.91 Å². The highest BCUT2D eigenvalue weighted by Gasteiger charge is 2.19. The van der Waals surface area contributed by atoms with Gasteiger partial charge in [0.15, 0.2) is 0 Å². The number of hydrogen-bond donors (Lipinski definition) is 0. The number of amides is 1. The Kier molecular flexibility index (Phi) is 5.24. The summed E-state index contributed by atoms with van der Waals surface area (Å²) in [6, 6.07) is 18.4. The molecule has 1 aliphatic rings. The van der Waals surface area contributed by atoms with Crippen molar-refractivity contribution in [1.29, 1.82) is 0 Å². The maximum atomic E-state index is 12.4. The Balaban J connectivity index is 1.33. The summed E-state index contributed by atoms with van der Waals surface area (Å²) in [6.07, 6.45) is 7.40. The molecule has 0 radical (unpaired) electrons. The zero-order valence-electron chi connectivity index (χ0n) is 16.0. The summed E-state index contributed by atoms with van der Waals surface area (Å²) in [5, 5.41) is 0. The van der Waals surface area contributed by atoms with Crippen LogP contribution in [0.3, 0.4) is 0 Å². The van der Waals surface area contributed by atoms with E-state index in [0.29, 0.717) is 0 Å². The van der Waals surface area contributed by atoms with E-state index < -0.39 is 0 Å². The van der Waals surface area contributed by atoms with Crippen LogP contribution < -0.4 is 4.90 Å². The van der Waals surface area contributed by atoms with E-state index >= 15 is 0 Å². The highest BCUT2D eigenvalue weighted by Crippen LogP contribution is 2.19. The van der Waals surface area contributed by atoms with Crippen molar-refractivity contribution in [2.24, 2.45) is 0 Å². The lowest BCUT2D eigenvalue weighted by Gasteiger charge is -2.35. The Morgan fingerprint density at radius 2 is 1.61 bits per heavy atom. The van der Waals surface area contributed by atoms with Crippen molar-refractivity contribution in [1.82, 2.24) is 14.5 Å². The number of nitrogens with zero attached hydrogens (tertiary/aromatic N) is 4. The first-order valence-electron chi connectivity index (χ1n) is 9.57. The molecule has 0 atom stereocenters. The molecule has 1 amide bonds. The largest absolute Gasteiger partial charge is 0.368 e. The maximum absolute atomic E-state index is 12.4. The lowest BCUT2D eigenvalue weighted by atomic mass is 10.2. The van der Waals surface area contributed by atoms with Gasteiger partial charge in [0.1, 0.15) is 0 Å². The molecule has 1 saturated heterocycles. The van der Waals surface area contributed by atoms with Crippen LogP contribution in [-0.2, 0) is 4.79 Å². The fourth-order valence-corrected chi connectivity index (χ4v) is 3.42. The number of anilines is 1. The van der Waals surface area contributed by atoms with Gasteiger partial charge in [0.05, 0.1) is 12.0 Å². The SMILES string of the molecule is Cc1cn(-c2ccc(N3CCN(C(=O)/C=C/c4ccccc4)CC3)cc2)cn1. The van der Waals surface area contributed by atoms with Crippen molar-refractivity contribution in [2.75, 3.05) is 31.1 Å². The highest BCUT2D eigenvalue weighted by atomic mass is 16.2. The third kappa shape index (κ3) is 4.14. The summed E-state index contributed by atoms with van der Waals surface area (Å²) >= 11 is 0. The predicted octanol–water partition coefficient (Wildman–Crippen LogP) is 3.54. The number of rotatable bonds is 4. The predicted molar refractivity (Wildman–Crippen MR) is 113 cm³/mol. The van der Waals surface area contributed by atoms with Crippen LogP contribution in [0.5, 0.6) is 0 Å². The fraction of sp³-hybridized carbons (Fsp3) is 0.217. The number of carbonyl (C=O) groups is 1. The monoisotopic (exact) mass is 372 g/mol. The van der Waals surface area contributed by atoms with Crippen LogP contribution in [0.1, 0.15) is 11.3 Å². The van der Waals surface area contributed by atoms with E-state index in [4.69, 9.17) is 0 Å². The van der Waals surface area contributed by atoms with Gasteiger partial charge >= 0.3 is 0 Å². The third-order valence-corrected chi connectivity index (χ3v) is 5.03. The Morgan fingerprint density at radius 1 is 0.929 bits per heavy atom. The molecule has 28 heavy (non-hydrogen) atoms. The minimum atomic E-state index is 0.0781. The van der Waals surface area contributed by atoms with E-state index in [9.17, 15) is 4.79 Å². The second kappa shape index (κ2) is 8.13. The van der Waals surface area contributed by atoms with Gasteiger partial charge in [-0.3, -0.25) is 4.79 Å². The van der Waals surface area contributed by atoms with Gasteiger partial charge in [-0.15, -0.1) is 0 Å². The smallest absolute Gasteiger partial charge is 0.246 e. The third-order valence-electron chi connectivity index (χ3n) is 5.03. The second-order valence-electron chi connectivity index (χ2n) is 7.00. The first kappa shape index (κ1) is 18.0. The molecule has 0 aliphatic carbocycles. The summed E-state index contributed by atoms with van der Waals surface area (Å²) in [5.41, 5.74) is 4.34. The zero-order valence-corrected chi connectivity index (χ0v) is 16.0. The molecule has 2 heterocycles. The molecule has 0 saturated carbocycles. The number of aryl methyl sites for hydroxylation is 1. The Labute approximate surface area is 165 Å². The van der Waals surface area contributed by atoms with Crippen molar-refractivity contribution in [3.05, 3.63) is 84.5 Å². The standard InChI is InChI=1S/C23H24N4O/c1-19-17-27(18-24-19)22-10-8-21(9-11-22)25-13-15-26(16-14-25)23(28)12-7-20-5-3-2-4-6-20/h2-12,17-18H,13-16H2,1H3/b12-7+. The first-order valence-corrected chi connectivity index (χ1v) is 9.57. The minimum absolute atomic E-state index is 0.0781. The number of benzene rings is 2. The molecule has 0 N–H and O–H groups in total. The number of piperazine rings is 1. The van der Waals surface area contributed by atoms with Gasteiger partial charge in [-0.2, -0.15) is 0 Å². The van der Waals surface area contributed by atoms with Gasteiger partial charge in [0.25, 0.3) is 0 Å². The van der Waals surface area contributed by atoms with Crippen molar-refractivity contribution in [2.45, 2.75) is 6.92 Å². The van der Waals surface area contributed by atoms with Crippen molar-refractivity contribution in [3.63, 3.8) is 0 Å². The summed E-state index contributed by atoms with van der Waals surface area (Å²) in [4.78, 5) is 20.9. The van der Waals surface area contributed by atoms with E-state index in [1.807, 2.05) is 65.3 Å². The van der Waals surface area contributed by atoms with Crippen LogP contribution >= 0.6 is 0 Å². The van der Waals surface area contributed by atoms with Crippen molar-refractivity contribution in [3.8, 4) is 5.69 Å². The summed E-state index contributed by atoms with van der Waals surface area (Å²) in [5.74, 6) is 0.0781. The average Bonchev–Trinajstić information content (AvgIpc) is 3.19. The Hall–Kier alpha value is -3.34. The fourth-order valence-electron chi connectivity index (χ4n) is 3.42. The molecular weight excluding hydrogens is 348 g/mol. The zero-order chi connectivity index (χ0) is 19.3.